The van der Waals surface area contributed by atoms with Gasteiger partial charge in [-0.25, -0.2) is 23.1 Å². The number of rotatable bonds is 4. The first kappa shape index (κ1) is 14.4. The minimum absolute atomic E-state index is 0.0641. The molecular weight excluding hydrogens is 289 g/mol. The summed E-state index contributed by atoms with van der Waals surface area (Å²) in [6.45, 7) is 0. The molecule has 0 saturated carbocycles. The Hall–Kier alpha value is -1.96. The molecule has 0 radical (unpaired) electrons. The highest BCUT2D eigenvalue weighted by Crippen LogP contribution is 2.23. The first-order chi connectivity index (χ1) is 9.53. The molecule has 0 unspecified atom stereocenters. The Balaban J connectivity index is 2.34. The molecule has 8 heteroatoms. The average molecular weight is 300 g/mol. The molecule has 0 atom stereocenters. The Labute approximate surface area is 117 Å². The second-order valence-corrected chi connectivity index (χ2v) is 4.53. The lowest BCUT2D eigenvalue weighted by Crippen LogP contribution is -2.02. The number of halogens is 3. The lowest BCUT2D eigenvalue weighted by atomic mass is 10.3. The van der Waals surface area contributed by atoms with E-state index in [9.17, 15) is 13.2 Å². The van der Waals surface area contributed by atoms with Crippen LogP contribution >= 0.6 is 11.8 Å². The van der Waals surface area contributed by atoms with Crippen molar-refractivity contribution in [3.63, 3.8) is 0 Å². The first-order valence-electron chi connectivity index (χ1n) is 5.56. The molecule has 0 saturated heterocycles. The number of benzene rings is 1. The molecular formula is C12H11F3N4S. The van der Waals surface area contributed by atoms with Gasteiger partial charge in [-0.1, -0.05) is 11.8 Å². The maximum absolute atomic E-state index is 13.1. The third-order valence-electron chi connectivity index (χ3n) is 2.40. The number of aromatic nitrogens is 2. The molecule has 0 aliphatic carbocycles. The molecule has 0 amide bonds. The number of thioether (sulfide) groups is 1. The van der Waals surface area contributed by atoms with Crippen molar-refractivity contribution in [1.82, 2.24) is 9.97 Å². The van der Waals surface area contributed by atoms with Gasteiger partial charge in [-0.3, -0.25) is 0 Å². The van der Waals surface area contributed by atoms with E-state index < -0.39 is 17.5 Å². The molecule has 0 aliphatic heterocycles. The first-order valence-corrected chi connectivity index (χ1v) is 6.78. The zero-order valence-corrected chi connectivity index (χ0v) is 11.5. The molecule has 4 nitrogen and oxygen atoms in total. The van der Waals surface area contributed by atoms with Gasteiger partial charge < -0.3 is 10.6 Å². The highest BCUT2D eigenvalue weighted by molar-refractivity contribution is 7.98. The zero-order chi connectivity index (χ0) is 14.7. The summed E-state index contributed by atoms with van der Waals surface area (Å²) in [4.78, 5) is 8.29. The number of nitrogens with zero attached hydrogens (tertiary/aromatic N) is 2. The van der Waals surface area contributed by atoms with Crippen molar-refractivity contribution in [2.75, 3.05) is 23.9 Å². The largest absolute Gasteiger partial charge is 0.373 e. The van der Waals surface area contributed by atoms with Gasteiger partial charge in [0.2, 0.25) is 0 Å². The molecule has 106 valence electrons. The van der Waals surface area contributed by atoms with Crippen molar-refractivity contribution >= 4 is 29.1 Å². The van der Waals surface area contributed by atoms with Gasteiger partial charge in [0.1, 0.15) is 11.6 Å². The quantitative estimate of drug-likeness (QED) is 0.515. The van der Waals surface area contributed by atoms with Crippen molar-refractivity contribution < 1.29 is 13.2 Å². The van der Waals surface area contributed by atoms with Gasteiger partial charge in [-0.2, -0.15) is 0 Å². The second kappa shape index (κ2) is 6.00. The van der Waals surface area contributed by atoms with Crippen molar-refractivity contribution in [3.8, 4) is 0 Å². The van der Waals surface area contributed by atoms with Crippen LogP contribution in [0.5, 0.6) is 0 Å². The molecule has 0 aliphatic rings. The van der Waals surface area contributed by atoms with E-state index in [1.54, 1.807) is 19.4 Å². The van der Waals surface area contributed by atoms with Gasteiger partial charge in [0.05, 0.1) is 0 Å². The van der Waals surface area contributed by atoms with Gasteiger partial charge in [0.25, 0.3) is 0 Å². The highest BCUT2D eigenvalue weighted by Gasteiger charge is 2.11. The Morgan fingerprint density at radius 1 is 1.00 bits per heavy atom. The molecule has 0 fully saturated rings. The normalized spacial score (nSPS) is 10.4. The summed E-state index contributed by atoms with van der Waals surface area (Å²) in [6, 6.07) is 3.29. The van der Waals surface area contributed by atoms with E-state index in [1.807, 2.05) is 0 Å². The third kappa shape index (κ3) is 3.13. The van der Waals surface area contributed by atoms with Crippen molar-refractivity contribution in [3.05, 3.63) is 35.7 Å². The molecule has 2 rings (SSSR count). The number of hydrogen-bond donors (Lipinski definition) is 2. The predicted octanol–water partition coefficient (Wildman–Crippen LogP) is 3.40. The van der Waals surface area contributed by atoms with E-state index in [4.69, 9.17) is 0 Å². The van der Waals surface area contributed by atoms with Crippen LogP contribution in [0.25, 0.3) is 0 Å². The van der Waals surface area contributed by atoms with Crippen molar-refractivity contribution in [2.45, 2.75) is 5.16 Å². The Bertz CT molecular complexity index is 591. The van der Waals surface area contributed by atoms with Crippen LogP contribution in [-0.4, -0.2) is 23.3 Å². The van der Waals surface area contributed by atoms with Gasteiger partial charge in [0.15, 0.2) is 22.6 Å². The van der Waals surface area contributed by atoms with Crippen LogP contribution in [0.3, 0.4) is 0 Å². The van der Waals surface area contributed by atoms with Crippen LogP contribution in [0, 0.1) is 17.5 Å². The maximum Gasteiger partial charge on any atom is 0.194 e. The van der Waals surface area contributed by atoms with Gasteiger partial charge in [-0.15, -0.1) is 0 Å². The second-order valence-electron chi connectivity index (χ2n) is 3.75. The fourth-order valence-corrected chi connectivity index (χ4v) is 1.86. The van der Waals surface area contributed by atoms with Crippen LogP contribution in [0.2, 0.25) is 0 Å². The third-order valence-corrected chi connectivity index (χ3v) is 2.95. The van der Waals surface area contributed by atoms with Crippen LogP contribution in [-0.2, 0) is 0 Å². The van der Waals surface area contributed by atoms with E-state index >= 15 is 0 Å². The van der Waals surface area contributed by atoms with Crippen LogP contribution < -0.4 is 10.6 Å². The molecule has 1 aromatic heterocycles. The van der Waals surface area contributed by atoms with Gasteiger partial charge in [0, 0.05) is 30.9 Å². The Morgan fingerprint density at radius 2 is 1.60 bits per heavy atom. The molecule has 0 bridgehead atoms. The lowest BCUT2D eigenvalue weighted by Gasteiger charge is -2.09. The topological polar surface area (TPSA) is 49.8 Å². The fourth-order valence-electron chi connectivity index (χ4n) is 1.48. The van der Waals surface area contributed by atoms with E-state index in [2.05, 4.69) is 20.6 Å². The summed E-state index contributed by atoms with van der Waals surface area (Å²) < 4.78 is 39.1. The fraction of sp³-hybridized carbons (Fsp3) is 0.167. The molecule has 1 aromatic carbocycles. The molecule has 0 spiro atoms. The van der Waals surface area contributed by atoms with E-state index in [0.717, 1.165) is 12.1 Å². The predicted molar refractivity (Wildman–Crippen MR) is 73.0 cm³/mol. The highest BCUT2D eigenvalue weighted by atomic mass is 32.2. The van der Waals surface area contributed by atoms with Crippen molar-refractivity contribution in [1.29, 1.82) is 0 Å². The maximum atomic E-state index is 13.1. The Morgan fingerprint density at radius 3 is 2.15 bits per heavy atom. The van der Waals surface area contributed by atoms with Crippen LogP contribution in [0.1, 0.15) is 0 Å². The van der Waals surface area contributed by atoms with Crippen molar-refractivity contribution in [2.24, 2.45) is 0 Å². The minimum atomic E-state index is -1.50. The standard InChI is InChI=1S/C12H11F3N4S/c1-16-9-5-10(19-12(18-9)20-2)17-6-3-7(13)11(15)8(14)4-6/h3-5H,1-2H3,(H2,16,17,18,19). The summed E-state index contributed by atoms with van der Waals surface area (Å²) in [7, 11) is 1.69. The minimum Gasteiger partial charge on any atom is -0.373 e. The van der Waals surface area contributed by atoms with Gasteiger partial charge >= 0.3 is 0 Å². The Kier molecular flexibility index (Phi) is 4.33. The zero-order valence-electron chi connectivity index (χ0n) is 10.7. The number of anilines is 3. The molecule has 1 heterocycles. The summed E-state index contributed by atoms with van der Waals surface area (Å²) >= 11 is 1.32. The molecule has 20 heavy (non-hydrogen) atoms. The van der Waals surface area contributed by atoms with Crippen LogP contribution in [0.4, 0.5) is 30.5 Å². The number of nitrogens with one attached hydrogen (secondary N) is 2. The molecule has 2 N–H and O–H groups in total. The average Bonchev–Trinajstić information content (AvgIpc) is 2.44. The van der Waals surface area contributed by atoms with E-state index in [-0.39, 0.29) is 5.69 Å². The van der Waals surface area contributed by atoms with Crippen LogP contribution in [0.15, 0.2) is 23.4 Å². The van der Waals surface area contributed by atoms with E-state index in [0.29, 0.717) is 16.8 Å². The summed E-state index contributed by atoms with van der Waals surface area (Å²) in [5.41, 5.74) is 0.0641. The van der Waals surface area contributed by atoms with Gasteiger partial charge in [-0.05, 0) is 6.26 Å². The number of hydrogen-bond acceptors (Lipinski definition) is 5. The molecule has 2 aromatic rings. The summed E-state index contributed by atoms with van der Waals surface area (Å²) in [5.74, 6) is -3.13. The SMILES string of the molecule is CNc1cc(Nc2cc(F)c(F)c(F)c2)nc(SC)n1. The smallest absolute Gasteiger partial charge is 0.194 e. The summed E-state index contributed by atoms with van der Waals surface area (Å²) in [6.07, 6.45) is 1.80. The lowest BCUT2D eigenvalue weighted by molar-refractivity contribution is 0.448. The monoisotopic (exact) mass is 300 g/mol. The van der Waals surface area contributed by atoms with E-state index in [1.165, 1.54) is 11.8 Å². The summed E-state index contributed by atoms with van der Waals surface area (Å²) in [5, 5.41) is 6.05.